The number of hydrogen-bond acceptors (Lipinski definition) is 3. The first kappa shape index (κ1) is 12.7. The van der Waals surface area contributed by atoms with Crippen LogP contribution < -0.4 is 5.32 Å². The van der Waals surface area contributed by atoms with Gasteiger partial charge in [0.15, 0.2) is 0 Å². The molecule has 1 aromatic heterocycles. The van der Waals surface area contributed by atoms with Crippen LogP contribution in [0.1, 0.15) is 23.7 Å². The van der Waals surface area contributed by atoms with Crippen LogP contribution in [-0.2, 0) is 6.42 Å². The van der Waals surface area contributed by atoms with Crippen molar-refractivity contribution in [1.82, 2.24) is 15.3 Å². The van der Waals surface area contributed by atoms with E-state index in [2.05, 4.69) is 15.3 Å². The molecule has 1 atom stereocenters. The molecule has 0 spiro atoms. The van der Waals surface area contributed by atoms with Gasteiger partial charge in [-0.1, -0.05) is 12.1 Å². The van der Waals surface area contributed by atoms with Gasteiger partial charge in [0.1, 0.15) is 5.82 Å². The first-order valence-electron chi connectivity index (χ1n) is 6.46. The standard InChI is InChI=1S/C14H16FN3S/c15-12-3-1-2-11-13(5-7-19-14(11)12)17-6-4-10-8-16-9-18-10/h1-3,8-9,13,17H,4-7H2,(H,16,18). The van der Waals surface area contributed by atoms with Crippen molar-refractivity contribution in [1.29, 1.82) is 0 Å². The predicted molar refractivity (Wildman–Crippen MR) is 74.8 cm³/mol. The average molecular weight is 277 g/mol. The molecule has 1 unspecified atom stereocenters. The summed E-state index contributed by atoms with van der Waals surface area (Å²) in [6, 6.07) is 5.62. The van der Waals surface area contributed by atoms with Gasteiger partial charge in [-0.25, -0.2) is 9.37 Å². The number of rotatable bonds is 4. The summed E-state index contributed by atoms with van der Waals surface area (Å²) in [6.07, 6.45) is 5.49. The van der Waals surface area contributed by atoms with Gasteiger partial charge >= 0.3 is 0 Å². The van der Waals surface area contributed by atoms with Crippen molar-refractivity contribution in [3.63, 3.8) is 0 Å². The van der Waals surface area contributed by atoms with Gasteiger partial charge in [-0.3, -0.25) is 0 Å². The first-order valence-corrected chi connectivity index (χ1v) is 7.45. The maximum atomic E-state index is 13.7. The second-order valence-electron chi connectivity index (χ2n) is 4.63. The zero-order valence-corrected chi connectivity index (χ0v) is 11.3. The fraction of sp³-hybridized carbons (Fsp3) is 0.357. The van der Waals surface area contributed by atoms with Crippen molar-refractivity contribution in [3.05, 3.63) is 47.8 Å². The summed E-state index contributed by atoms with van der Waals surface area (Å²) in [4.78, 5) is 7.90. The number of halogens is 1. The molecule has 1 aliphatic rings. The first-order chi connectivity index (χ1) is 9.34. The number of hydrogen-bond donors (Lipinski definition) is 2. The smallest absolute Gasteiger partial charge is 0.137 e. The number of imidazole rings is 1. The Bertz CT molecular complexity index is 542. The molecule has 2 heterocycles. The summed E-state index contributed by atoms with van der Waals surface area (Å²) in [5.74, 6) is 0.873. The highest BCUT2D eigenvalue weighted by Gasteiger charge is 2.22. The normalized spacial score (nSPS) is 18.3. The summed E-state index contributed by atoms with van der Waals surface area (Å²) >= 11 is 1.62. The number of thioether (sulfide) groups is 1. The third kappa shape index (κ3) is 2.82. The van der Waals surface area contributed by atoms with Crippen LogP contribution in [0.4, 0.5) is 4.39 Å². The molecule has 2 aromatic rings. The lowest BCUT2D eigenvalue weighted by atomic mass is 10.0. The molecular weight excluding hydrogens is 261 g/mol. The number of aromatic amines is 1. The van der Waals surface area contributed by atoms with Crippen LogP contribution in [0.5, 0.6) is 0 Å². The van der Waals surface area contributed by atoms with Gasteiger partial charge in [0.2, 0.25) is 0 Å². The molecule has 5 heteroatoms. The zero-order valence-electron chi connectivity index (χ0n) is 10.5. The molecule has 0 saturated carbocycles. The topological polar surface area (TPSA) is 40.7 Å². The Kier molecular flexibility index (Phi) is 3.84. The minimum absolute atomic E-state index is 0.0948. The lowest BCUT2D eigenvalue weighted by molar-refractivity contribution is 0.499. The highest BCUT2D eigenvalue weighted by atomic mass is 32.2. The van der Waals surface area contributed by atoms with Crippen LogP contribution in [0, 0.1) is 5.82 Å². The van der Waals surface area contributed by atoms with E-state index in [0.717, 1.165) is 41.3 Å². The van der Waals surface area contributed by atoms with Gasteiger partial charge in [0.25, 0.3) is 0 Å². The van der Waals surface area contributed by atoms with Gasteiger partial charge in [-0.05, 0) is 23.8 Å². The van der Waals surface area contributed by atoms with Gasteiger partial charge in [-0.2, -0.15) is 0 Å². The number of nitrogens with one attached hydrogen (secondary N) is 2. The van der Waals surface area contributed by atoms with Crippen LogP contribution in [0.25, 0.3) is 0 Å². The van der Waals surface area contributed by atoms with Crippen LogP contribution >= 0.6 is 11.8 Å². The Hall–Kier alpha value is -1.33. The molecule has 1 aromatic carbocycles. The Balaban J connectivity index is 1.65. The summed E-state index contributed by atoms with van der Waals surface area (Å²) < 4.78 is 13.7. The van der Waals surface area contributed by atoms with E-state index in [1.807, 2.05) is 12.3 Å². The van der Waals surface area contributed by atoms with E-state index in [4.69, 9.17) is 0 Å². The maximum absolute atomic E-state index is 13.7. The molecule has 3 nitrogen and oxygen atoms in total. The fourth-order valence-corrected chi connectivity index (χ4v) is 3.54. The maximum Gasteiger partial charge on any atom is 0.137 e. The van der Waals surface area contributed by atoms with Crippen molar-refractivity contribution < 1.29 is 4.39 Å². The number of benzene rings is 1. The summed E-state index contributed by atoms with van der Waals surface area (Å²) in [7, 11) is 0. The Morgan fingerprint density at radius 2 is 2.42 bits per heavy atom. The molecule has 0 aliphatic carbocycles. The Morgan fingerprint density at radius 1 is 1.47 bits per heavy atom. The van der Waals surface area contributed by atoms with E-state index in [1.54, 1.807) is 30.2 Å². The van der Waals surface area contributed by atoms with Gasteiger partial charge < -0.3 is 10.3 Å². The average Bonchev–Trinajstić information content (AvgIpc) is 2.93. The molecule has 0 fully saturated rings. The quantitative estimate of drug-likeness (QED) is 0.903. The van der Waals surface area contributed by atoms with E-state index in [-0.39, 0.29) is 11.9 Å². The van der Waals surface area contributed by atoms with Crippen LogP contribution in [-0.4, -0.2) is 22.3 Å². The van der Waals surface area contributed by atoms with Crippen LogP contribution in [0.2, 0.25) is 0 Å². The van der Waals surface area contributed by atoms with Gasteiger partial charge in [0.05, 0.1) is 6.33 Å². The second kappa shape index (κ2) is 5.75. The minimum atomic E-state index is -0.0948. The second-order valence-corrected chi connectivity index (χ2v) is 5.73. The third-order valence-electron chi connectivity index (χ3n) is 3.37. The summed E-state index contributed by atoms with van der Waals surface area (Å²) in [5, 5.41) is 3.52. The third-order valence-corrected chi connectivity index (χ3v) is 4.52. The zero-order chi connectivity index (χ0) is 13.1. The molecule has 0 bridgehead atoms. The fourth-order valence-electron chi connectivity index (χ4n) is 2.40. The van der Waals surface area contributed by atoms with Crippen molar-refractivity contribution in [2.45, 2.75) is 23.8 Å². The van der Waals surface area contributed by atoms with E-state index >= 15 is 0 Å². The molecule has 0 amide bonds. The molecule has 0 saturated heterocycles. The molecule has 0 radical (unpaired) electrons. The highest BCUT2D eigenvalue weighted by molar-refractivity contribution is 7.99. The van der Waals surface area contributed by atoms with E-state index < -0.39 is 0 Å². The largest absolute Gasteiger partial charge is 0.348 e. The number of nitrogens with zero attached hydrogens (tertiary/aromatic N) is 1. The van der Waals surface area contributed by atoms with Crippen LogP contribution in [0.3, 0.4) is 0 Å². The van der Waals surface area contributed by atoms with E-state index in [0.29, 0.717) is 0 Å². The summed E-state index contributed by atoms with van der Waals surface area (Å²) in [5.41, 5.74) is 2.22. The monoisotopic (exact) mass is 277 g/mol. The Morgan fingerprint density at radius 3 is 3.26 bits per heavy atom. The molecule has 100 valence electrons. The van der Waals surface area contributed by atoms with Crippen LogP contribution in [0.15, 0.2) is 35.6 Å². The number of fused-ring (bicyclic) bond motifs is 1. The summed E-state index contributed by atoms with van der Waals surface area (Å²) in [6.45, 7) is 0.869. The van der Waals surface area contributed by atoms with Crippen molar-refractivity contribution in [2.24, 2.45) is 0 Å². The van der Waals surface area contributed by atoms with Crippen molar-refractivity contribution in [3.8, 4) is 0 Å². The molecular formula is C14H16FN3S. The lowest BCUT2D eigenvalue weighted by Gasteiger charge is -2.26. The van der Waals surface area contributed by atoms with E-state index in [9.17, 15) is 4.39 Å². The lowest BCUT2D eigenvalue weighted by Crippen LogP contribution is -2.27. The number of H-pyrrole nitrogens is 1. The van der Waals surface area contributed by atoms with Crippen molar-refractivity contribution >= 4 is 11.8 Å². The molecule has 2 N–H and O–H groups in total. The molecule has 3 rings (SSSR count). The van der Waals surface area contributed by atoms with Crippen molar-refractivity contribution in [2.75, 3.05) is 12.3 Å². The van der Waals surface area contributed by atoms with E-state index in [1.165, 1.54) is 0 Å². The predicted octanol–water partition coefficient (Wildman–Crippen LogP) is 2.92. The van der Waals surface area contributed by atoms with Gasteiger partial charge in [-0.15, -0.1) is 11.8 Å². The van der Waals surface area contributed by atoms with Gasteiger partial charge in [0, 0.05) is 35.8 Å². The molecule has 19 heavy (non-hydrogen) atoms. The Labute approximate surface area is 116 Å². The SMILES string of the molecule is Fc1cccc2c1SCCC2NCCc1cnc[nH]1. The highest BCUT2D eigenvalue weighted by Crippen LogP contribution is 2.37. The minimum Gasteiger partial charge on any atom is -0.348 e. The number of aromatic nitrogens is 2. The molecule has 1 aliphatic heterocycles.